The van der Waals surface area contributed by atoms with Gasteiger partial charge in [-0.1, -0.05) is 61.0 Å². The first-order valence-corrected chi connectivity index (χ1v) is 12.8. The SMILES string of the molecule is Cc1ccc(C2(CC(C)Cc3oc4cc(Cl)ccc4c(=O)c3Cc3ccccc3)NCCN2)cc1F. The van der Waals surface area contributed by atoms with E-state index in [2.05, 4.69) is 17.6 Å². The zero-order valence-corrected chi connectivity index (χ0v) is 21.3. The number of hydrogen-bond donors (Lipinski definition) is 2. The van der Waals surface area contributed by atoms with Gasteiger partial charge in [-0.2, -0.15) is 0 Å². The van der Waals surface area contributed by atoms with Gasteiger partial charge in [0.2, 0.25) is 0 Å². The Morgan fingerprint density at radius 1 is 1.06 bits per heavy atom. The smallest absolute Gasteiger partial charge is 0.196 e. The molecule has 4 nitrogen and oxygen atoms in total. The normalized spacial score (nSPS) is 15.9. The third kappa shape index (κ3) is 4.96. The highest BCUT2D eigenvalue weighted by atomic mass is 35.5. The van der Waals surface area contributed by atoms with Crippen molar-refractivity contribution in [1.82, 2.24) is 10.6 Å². The number of hydrogen-bond acceptors (Lipinski definition) is 4. The molecule has 0 bridgehead atoms. The molecule has 5 rings (SSSR count). The van der Waals surface area contributed by atoms with E-state index in [1.54, 1.807) is 31.2 Å². The van der Waals surface area contributed by atoms with Crippen molar-refractivity contribution in [3.05, 3.63) is 116 Å². The summed E-state index contributed by atoms with van der Waals surface area (Å²) >= 11 is 6.21. The quantitative estimate of drug-likeness (QED) is 0.319. The van der Waals surface area contributed by atoms with Crippen LogP contribution in [0, 0.1) is 18.7 Å². The van der Waals surface area contributed by atoms with Crippen molar-refractivity contribution in [2.75, 3.05) is 13.1 Å². The number of benzene rings is 3. The maximum Gasteiger partial charge on any atom is 0.196 e. The van der Waals surface area contributed by atoms with E-state index >= 15 is 0 Å². The van der Waals surface area contributed by atoms with Gasteiger partial charge in [0.15, 0.2) is 5.43 Å². The molecular formula is C30H30ClFN2O2. The Labute approximate surface area is 215 Å². The molecule has 2 heterocycles. The summed E-state index contributed by atoms with van der Waals surface area (Å²) in [6.07, 6.45) is 1.77. The van der Waals surface area contributed by atoms with Crippen LogP contribution in [0.1, 0.15) is 41.4 Å². The van der Waals surface area contributed by atoms with E-state index in [0.29, 0.717) is 52.1 Å². The first-order chi connectivity index (χ1) is 17.3. The summed E-state index contributed by atoms with van der Waals surface area (Å²) in [7, 11) is 0. The molecule has 0 radical (unpaired) electrons. The monoisotopic (exact) mass is 504 g/mol. The molecule has 0 amide bonds. The highest BCUT2D eigenvalue weighted by molar-refractivity contribution is 6.31. The predicted octanol–water partition coefficient (Wildman–Crippen LogP) is 6.10. The van der Waals surface area contributed by atoms with Crippen LogP contribution in [0.25, 0.3) is 11.0 Å². The van der Waals surface area contributed by atoms with Gasteiger partial charge in [0.05, 0.1) is 11.0 Å². The van der Waals surface area contributed by atoms with Gasteiger partial charge in [0.25, 0.3) is 0 Å². The Kier molecular flexibility index (Phi) is 6.98. The van der Waals surface area contributed by atoms with Gasteiger partial charge in [0.1, 0.15) is 17.2 Å². The minimum atomic E-state index is -0.534. The summed E-state index contributed by atoms with van der Waals surface area (Å²) in [5.74, 6) is 0.591. The minimum absolute atomic E-state index is 0.0218. The number of halogens is 2. The van der Waals surface area contributed by atoms with Gasteiger partial charge in [-0.3, -0.25) is 15.4 Å². The van der Waals surface area contributed by atoms with Crippen molar-refractivity contribution in [2.24, 2.45) is 5.92 Å². The Bertz CT molecular complexity index is 1450. The molecule has 3 aromatic carbocycles. The molecule has 186 valence electrons. The van der Waals surface area contributed by atoms with Crippen molar-refractivity contribution in [2.45, 2.75) is 38.8 Å². The summed E-state index contributed by atoms with van der Waals surface area (Å²) in [4.78, 5) is 13.6. The van der Waals surface area contributed by atoms with E-state index in [1.807, 2.05) is 42.5 Å². The van der Waals surface area contributed by atoms with Crippen LogP contribution < -0.4 is 16.1 Å². The van der Waals surface area contributed by atoms with Crippen LogP contribution in [0.15, 0.2) is 75.9 Å². The van der Waals surface area contributed by atoms with Gasteiger partial charge in [-0.15, -0.1) is 0 Å². The Morgan fingerprint density at radius 3 is 2.53 bits per heavy atom. The summed E-state index contributed by atoms with van der Waals surface area (Å²) in [5, 5.41) is 8.19. The van der Waals surface area contributed by atoms with Crippen LogP contribution in [-0.2, 0) is 18.5 Å². The summed E-state index contributed by atoms with van der Waals surface area (Å²) in [6, 6.07) is 20.5. The lowest BCUT2D eigenvalue weighted by Gasteiger charge is -2.33. The van der Waals surface area contributed by atoms with Crippen molar-refractivity contribution < 1.29 is 8.81 Å². The van der Waals surface area contributed by atoms with E-state index in [-0.39, 0.29) is 17.2 Å². The minimum Gasteiger partial charge on any atom is -0.460 e. The van der Waals surface area contributed by atoms with Crippen molar-refractivity contribution in [3.8, 4) is 0 Å². The summed E-state index contributed by atoms with van der Waals surface area (Å²) in [5.41, 5.74) is 3.18. The second kappa shape index (κ2) is 10.2. The van der Waals surface area contributed by atoms with E-state index in [4.69, 9.17) is 16.0 Å². The molecule has 1 aromatic heterocycles. The van der Waals surface area contributed by atoms with Crippen LogP contribution in [-0.4, -0.2) is 13.1 Å². The largest absolute Gasteiger partial charge is 0.460 e. The molecular weight excluding hydrogens is 475 g/mol. The highest BCUT2D eigenvalue weighted by Gasteiger charge is 2.37. The number of nitrogens with one attached hydrogen (secondary N) is 2. The molecule has 0 aliphatic carbocycles. The summed E-state index contributed by atoms with van der Waals surface area (Å²) in [6.45, 7) is 5.50. The first kappa shape index (κ1) is 24.7. The van der Waals surface area contributed by atoms with Crippen LogP contribution in [0.4, 0.5) is 4.39 Å². The second-order valence-corrected chi connectivity index (χ2v) is 10.3. The zero-order valence-electron chi connectivity index (χ0n) is 20.5. The second-order valence-electron chi connectivity index (χ2n) is 9.87. The van der Waals surface area contributed by atoms with E-state index in [0.717, 1.165) is 24.2 Å². The Balaban J connectivity index is 1.50. The lowest BCUT2D eigenvalue weighted by atomic mass is 9.86. The molecule has 6 heteroatoms. The van der Waals surface area contributed by atoms with Crippen molar-refractivity contribution >= 4 is 22.6 Å². The molecule has 1 aliphatic rings. The standard InChI is InChI=1S/C30H30ClFN2O2/c1-19(18-30(33-12-13-34-30)22-9-8-20(2)26(32)16-22)14-27-25(15-21-6-4-3-5-7-21)29(35)24-11-10-23(31)17-28(24)36-27/h3-11,16-17,19,33-34H,12-15,18H2,1-2H3. The average molecular weight is 505 g/mol. The predicted molar refractivity (Wildman–Crippen MR) is 143 cm³/mol. The molecule has 0 spiro atoms. The third-order valence-corrected chi connectivity index (χ3v) is 7.32. The van der Waals surface area contributed by atoms with E-state index in [9.17, 15) is 9.18 Å². The molecule has 1 fully saturated rings. The molecule has 0 saturated carbocycles. The molecule has 36 heavy (non-hydrogen) atoms. The maximum absolute atomic E-state index is 14.5. The van der Waals surface area contributed by atoms with Crippen molar-refractivity contribution in [3.63, 3.8) is 0 Å². The number of aryl methyl sites for hydroxylation is 1. The molecule has 1 saturated heterocycles. The van der Waals surface area contributed by atoms with Crippen LogP contribution in [0.3, 0.4) is 0 Å². The van der Waals surface area contributed by atoms with Gasteiger partial charge >= 0.3 is 0 Å². The fraction of sp³-hybridized carbons (Fsp3) is 0.300. The number of rotatable bonds is 7. The van der Waals surface area contributed by atoms with Crippen LogP contribution in [0.2, 0.25) is 5.02 Å². The van der Waals surface area contributed by atoms with Crippen molar-refractivity contribution in [1.29, 1.82) is 0 Å². The Hall–Kier alpha value is -2.99. The van der Waals surface area contributed by atoms with Gasteiger partial charge < -0.3 is 4.42 Å². The fourth-order valence-corrected chi connectivity index (χ4v) is 5.41. The van der Waals surface area contributed by atoms with Gasteiger partial charge in [0, 0.05) is 42.6 Å². The number of fused-ring (bicyclic) bond motifs is 1. The maximum atomic E-state index is 14.5. The lowest BCUT2D eigenvalue weighted by Crippen LogP contribution is -2.47. The van der Waals surface area contributed by atoms with E-state index in [1.165, 1.54) is 0 Å². The van der Waals surface area contributed by atoms with Crippen LogP contribution in [0.5, 0.6) is 0 Å². The molecule has 1 unspecified atom stereocenters. The molecule has 4 aromatic rings. The first-order valence-electron chi connectivity index (χ1n) is 12.4. The van der Waals surface area contributed by atoms with E-state index < -0.39 is 5.66 Å². The fourth-order valence-electron chi connectivity index (χ4n) is 5.25. The van der Waals surface area contributed by atoms with Gasteiger partial charge in [-0.25, -0.2) is 4.39 Å². The Morgan fingerprint density at radius 2 is 1.81 bits per heavy atom. The highest BCUT2D eigenvalue weighted by Crippen LogP contribution is 2.32. The molecule has 2 N–H and O–H groups in total. The van der Waals surface area contributed by atoms with Gasteiger partial charge in [-0.05, 0) is 54.2 Å². The summed E-state index contributed by atoms with van der Waals surface area (Å²) < 4.78 is 20.8. The average Bonchev–Trinajstić information content (AvgIpc) is 3.33. The lowest BCUT2D eigenvalue weighted by molar-refractivity contribution is 0.259. The molecule has 1 aliphatic heterocycles. The third-order valence-electron chi connectivity index (χ3n) is 7.09. The van der Waals surface area contributed by atoms with Crippen LogP contribution >= 0.6 is 11.6 Å². The zero-order chi connectivity index (χ0) is 25.3. The molecule has 1 atom stereocenters. The topological polar surface area (TPSA) is 54.3 Å².